The summed E-state index contributed by atoms with van der Waals surface area (Å²) < 4.78 is 0. The Morgan fingerprint density at radius 1 is 1.00 bits per heavy atom. The van der Waals surface area contributed by atoms with Crippen molar-refractivity contribution < 1.29 is 9.90 Å². The minimum absolute atomic E-state index is 0.638. The van der Waals surface area contributed by atoms with Crippen molar-refractivity contribution in [1.29, 1.82) is 0 Å². The van der Waals surface area contributed by atoms with Gasteiger partial charge in [0.2, 0.25) is 0 Å². The van der Waals surface area contributed by atoms with E-state index in [0.29, 0.717) is 5.56 Å². The lowest BCUT2D eigenvalue weighted by atomic mass is 9.86. The Bertz CT molecular complexity index is 821. The minimum Gasteiger partial charge on any atom is -0.480 e. The molecule has 20 heavy (non-hydrogen) atoms. The zero-order chi connectivity index (χ0) is 14.3. The van der Waals surface area contributed by atoms with E-state index < -0.39 is 11.5 Å². The predicted octanol–water partition coefficient (Wildman–Crippen LogP) is 3.25. The standard InChI is InChI=1S/C17H15NO2/c1-17(18,16(19)20)15-10-11-6-2-3-7-12(11)13-8-4-5-9-14(13)15/h2-10H,18H2,1H3,(H,19,20)/t17-/m1/s1. The molecule has 0 saturated heterocycles. The maximum atomic E-state index is 11.5. The van der Waals surface area contributed by atoms with Crippen molar-refractivity contribution in [3.05, 3.63) is 60.2 Å². The molecular formula is C17H15NO2. The molecule has 0 spiro atoms. The number of aliphatic carboxylic acids is 1. The Balaban J connectivity index is 2.50. The van der Waals surface area contributed by atoms with E-state index in [4.69, 9.17) is 5.73 Å². The van der Waals surface area contributed by atoms with Crippen LogP contribution in [0.15, 0.2) is 54.6 Å². The largest absolute Gasteiger partial charge is 0.480 e. The third-order valence-electron chi connectivity index (χ3n) is 3.77. The highest BCUT2D eigenvalue weighted by Gasteiger charge is 2.32. The van der Waals surface area contributed by atoms with Crippen LogP contribution in [0.2, 0.25) is 0 Å². The van der Waals surface area contributed by atoms with Gasteiger partial charge < -0.3 is 10.8 Å². The first-order valence-electron chi connectivity index (χ1n) is 6.45. The zero-order valence-electron chi connectivity index (χ0n) is 11.1. The third-order valence-corrected chi connectivity index (χ3v) is 3.77. The molecule has 0 aromatic heterocycles. The molecule has 100 valence electrons. The van der Waals surface area contributed by atoms with Crippen LogP contribution in [0.3, 0.4) is 0 Å². The summed E-state index contributed by atoms with van der Waals surface area (Å²) >= 11 is 0. The van der Waals surface area contributed by atoms with E-state index in [1.807, 2.05) is 54.6 Å². The van der Waals surface area contributed by atoms with Crippen molar-refractivity contribution in [3.63, 3.8) is 0 Å². The number of hydrogen-bond donors (Lipinski definition) is 2. The topological polar surface area (TPSA) is 63.3 Å². The number of hydrogen-bond acceptors (Lipinski definition) is 2. The van der Waals surface area contributed by atoms with Crippen LogP contribution >= 0.6 is 0 Å². The van der Waals surface area contributed by atoms with Gasteiger partial charge in [0, 0.05) is 0 Å². The highest BCUT2D eigenvalue weighted by Crippen LogP contribution is 2.33. The van der Waals surface area contributed by atoms with Crippen LogP contribution in [0, 0.1) is 0 Å². The first-order chi connectivity index (χ1) is 9.51. The molecule has 0 amide bonds. The highest BCUT2D eigenvalue weighted by molar-refractivity contribution is 6.10. The number of benzene rings is 3. The first-order valence-corrected chi connectivity index (χ1v) is 6.45. The van der Waals surface area contributed by atoms with Crippen LogP contribution < -0.4 is 5.73 Å². The number of rotatable bonds is 2. The van der Waals surface area contributed by atoms with Crippen LogP contribution in [-0.2, 0) is 10.3 Å². The summed E-state index contributed by atoms with van der Waals surface area (Å²) in [6, 6.07) is 17.6. The number of carboxylic acids is 1. The molecule has 3 N–H and O–H groups in total. The van der Waals surface area contributed by atoms with Crippen molar-refractivity contribution in [1.82, 2.24) is 0 Å². The smallest absolute Gasteiger partial charge is 0.328 e. The van der Waals surface area contributed by atoms with E-state index in [2.05, 4.69) is 0 Å². The van der Waals surface area contributed by atoms with Gasteiger partial charge in [0.25, 0.3) is 0 Å². The summed E-state index contributed by atoms with van der Waals surface area (Å²) in [5.41, 5.74) is 5.26. The van der Waals surface area contributed by atoms with Gasteiger partial charge in [0.05, 0.1) is 0 Å². The summed E-state index contributed by atoms with van der Waals surface area (Å²) in [5, 5.41) is 13.4. The number of carboxylic acid groups (broad SMARTS) is 1. The van der Waals surface area contributed by atoms with Crippen molar-refractivity contribution in [3.8, 4) is 0 Å². The van der Waals surface area contributed by atoms with Crippen molar-refractivity contribution in [2.75, 3.05) is 0 Å². The lowest BCUT2D eigenvalue weighted by molar-refractivity contribution is -0.142. The second-order valence-electron chi connectivity index (χ2n) is 5.20. The molecule has 0 radical (unpaired) electrons. The molecule has 3 nitrogen and oxygen atoms in total. The fourth-order valence-corrected chi connectivity index (χ4v) is 2.60. The monoisotopic (exact) mass is 265 g/mol. The molecule has 0 aliphatic heterocycles. The molecule has 3 aromatic rings. The maximum absolute atomic E-state index is 11.5. The van der Waals surface area contributed by atoms with Crippen LogP contribution in [0.4, 0.5) is 0 Å². The van der Waals surface area contributed by atoms with Crippen LogP contribution in [0.1, 0.15) is 12.5 Å². The van der Waals surface area contributed by atoms with E-state index in [-0.39, 0.29) is 0 Å². The molecule has 0 unspecified atom stereocenters. The van der Waals surface area contributed by atoms with Gasteiger partial charge in [-0.3, -0.25) is 0 Å². The number of carbonyl (C=O) groups is 1. The van der Waals surface area contributed by atoms with E-state index in [0.717, 1.165) is 21.5 Å². The van der Waals surface area contributed by atoms with Crippen molar-refractivity contribution >= 4 is 27.5 Å². The van der Waals surface area contributed by atoms with Crippen molar-refractivity contribution in [2.24, 2.45) is 5.73 Å². The second kappa shape index (κ2) is 4.32. The molecule has 0 saturated carbocycles. The van der Waals surface area contributed by atoms with E-state index >= 15 is 0 Å². The third kappa shape index (κ3) is 1.75. The fraction of sp³-hybridized carbons (Fsp3) is 0.118. The van der Waals surface area contributed by atoms with Gasteiger partial charge >= 0.3 is 5.97 Å². The molecule has 0 heterocycles. The minimum atomic E-state index is -1.41. The van der Waals surface area contributed by atoms with Gasteiger partial charge in [0.1, 0.15) is 5.54 Å². The Hall–Kier alpha value is -2.39. The predicted molar refractivity (Wildman–Crippen MR) is 80.6 cm³/mol. The van der Waals surface area contributed by atoms with Gasteiger partial charge in [-0.05, 0) is 40.1 Å². The molecular weight excluding hydrogens is 250 g/mol. The van der Waals surface area contributed by atoms with Gasteiger partial charge in [-0.2, -0.15) is 0 Å². The second-order valence-corrected chi connectivity index (χ2v) is 5.20. The molecule has 3 aromatic carbocycles. The summed E-state index contributed by atoms with van der Waals surface area (Å²) in [6.07, 6.45) is 0. The summed E-state index contributed by atoms with van der Waals surface area (Å²) in [4.78, 5) is 11.5. The fourth-order valence-electron chi connectivity index (χ4n) is 2.60. The zero-order valence-corrected chi connectivity index (χ0v) is 11.1. The van der Waals surface area contributed by atoms with Crippen molar-refractivity contribution in [2.45, 2.75) is 12.5 Å². The van der Waals surface area contributed by atoms with Gasteiger partial charge in [-0.1, -0.05) is 48.5 Å². The van der Waals surface area contributed by atoms with Crippen LogP contribution in [0.5, 0.6) is 0 Å². The summed E-state index contributed by atoms with van der Waals surface area (Å²) in [5.74, 6) is -1.03. The van der Waals surface area contributed by atoms with Crippen LogP contribution in [-0.4, -0.2) is 11.1 Å². The first kappa shape index (κ1) is 12.6. The Morgan fingerprint density at radius 3 is 2.20 bits per heavy atom. The SMILES string of the molecule is C[C@](N)(C(=O)O)c1cc2ccccc2c2ccccc12. The Kier molecular flexibility index (Phi) is 2.73. The number of nitrogens with two attached hydrogens (primary N) is 1. The molecule has 3 rings (SSSR count). The van der Waals surface area contributed by atoms with Gasteiger partial charge in [0.15, 0.2) is 0 Å². The maximum Gasteiger partial charge on any atom is 0.328 e. The molecule has 1 atom stereocenters. The summed E-state index contributed by atoms with van der Waals surface area (Å²) in [6.45, 7) is 1.53. The van der Waals surface area contributed by atoms with E-state index in [1.165, 1.54) is 6.92 Å². The average molecular weight is 265 g/mol. The average Bonchev–Trinajstić information content (AvgIpc) is 2.46. The molecule has 0 aliphatic carbocycles. The Morgan fingerprint density at radius 2 is 1.55 bits per heavy atom. The molecule has 0 aliphatic rings. The van der Waals surface area contributed by atoms with E-state index in [1.54, 1.807) is 0 Å². The highest BCUT2D eigenvalue weighted by atomic mass is 16.4. The van der Waals surface area contributed by atoms with E-state index in [9.17, 15) is 9.90 Å². The van der Waals surface area contributed by atoms with Gasteiger partial charge in [-0.25, -0.2) is 4.79 Å². The lowest BCUT2D eigenvalue weighted by Gasteiger charge is -2.22. The molecule has 0 fully saturated rings. The molecule has 0 bridgehead atoms. The van der Waals surface area contributed by atoms with Gasteiger partial charge in [-0.15, -0.1) is 0 Å². The van der Waals surface area contributed by atoms with Crippen LogP contribution in [0.25, 0.3) is 21.5 Å². The summed E-state index contributed by atoms with van der Waals surface area (Å²) in [7, 11) is 0. The number of fused-ring (bicyclic) bond motifs is 3. The molecule has 3 heteroatoms. The normalized spacial score (nSPS) is 14.3. The Labute approximate surface area is 116 Å². The quantitative estimate of drug-likeness (QED) is 0.699. The lowest BCUT2D eigenvalue weighted by Crippen LogP contribution is -2.41.